The van der Waals surface area contributed by atoms with Crippen molar-refractivity contribution in [2.24, 2.45) is 5.34 Å². The molecule has 0 atom stereocenters. The van der Waals surface area contributed by atoms with Gasteiger partial charge in [0.25, 0.3) is 0 Å². The summed E-state index contributed by atoms with van der Waals surface area (Å²) < 4.78 is 0. The maximum atomic E-state index is 8.45. The van der Waals surface area contributed by atoms with Gasteiger partial charge >= 0.3 is 51.4 Å². The summed E-state index contributed by atoms with van der Waals surface area (Å²) in [6.45, 7) is 0. The third kappa shape index (κ3) is 11.3. The number of hydrogen-bond acceptors (Lipinski definition) is 4. The Hall–Kier alpha value is 0.996. The Labute approximate surface area is 70.8 Å². The molecule has 26 valence electrons. The quantitative estimate of drug-likeness (QED) is 0.211. The van der Waals surface area contributed by atoms with Gasteiger partial charge in [-0.3, -0.25) is 0 Å². The van der Waals surface area contributed by atoms with E-state index in [0.29, 0.717) is 0 Å². The maximum absolute atomic E-state index is 8.45. The molecule has 4 nitrogen and oxygen atoms in total. The fourth-order valence-electron chi connectivity index (χ4n) is 0. The van der Waals surface area contributed by atoms with Crippen LogP contribution in [0.15, 0.2) is 5.34 Å². The monoisotopic (exact) mass is 103 g/mol. The predicted octanol–water partition coefficient (Wildman–Crippen LogP) is -0.491. The standard InChI is InChI=1S/K.HNO3.H/c;2-1-4-3;/h;3H;. The normalized spacial score (nSPS) is 4.20. The van der Waals surface area contributed by atoms with Crippen LogP contribution in [0, 0.1) is 4.91 Å². The zero-order valence-electron chi connectivity index (χ0n) is 1.71. The first-order valence-corrected chi connectivity index (χ1v) is 0.548. The number of rotatable bonds is 1. The molecule has 0 saturated carbocycles. The van der Waals surface area contributed by atoms with Crippen LogP contribution in [-0.2, 0) is 4.99 Å². The van der Waals surface area contributed by atoms with E-state index in [1.165, 1.54) is 0 Å². The SMILES string of the molecule is O=NOO.[KH]. The molecule has 0 rings (SSSR count). The zero-order valence-corrected chi connectivity index (χ0v) is 1.71. The molecule has 0 unspecified atom stereocenters. The predicted molar refractivity (Wildman–Crippen MR) is 16.7 cm³/mol. The van der Waals surface area contributed by atoms with Crippen LogP contribution in [0.5, 0.6) is 0 Å². The van der Waals surface area contributed by atoms with Gasteiger partial charge in [-0.15, -0.1) is 4.91 Å². The fourth-order valence-corrected chi connectivity index (χ4v) is 0. The first-order chi connectivity index (χ1) is 1.91. The van der Waals surface area contributed by atoms with Gasteiger partial charge in [0.15, 0.2) is 5.34 Å². The third-order valence-corrected chi connectivity index (χ3v) is 0.0333. The molecule has 0 fully saturated rings. The van der Waals surface area contributed by atoms with Crippen LogP contribution >= 0.6 is 0 Å². The molecule has 0 radical (unpaired) electrons. The van der Waals surface area contributed by atoms with Crippen molar-refractivity contribution in [1.29, 1.82) is 0 Å². The van der Waals surface area contributed by atoms with Crippen molar-refractivity contribution in [2.75, 3.05) is 0 Å². The Morgan fingerprint density at radius 3 is 2.00 bits per heavy atom. The van der Waals surface area contributed by atoms with E-state index in [1.807, 2.05) is 0 Å². The Balaban J connectivity index is 0. The van der Waals surface area contributed by atoms with Crippen molar-refractivity contribution < 1.29 is 10.2 Å². The average molecular weight is 103 g/mol. The van der Waals surface area contributed by atoms with Crippen LogP contribution in [0.4, 0.5) is 0 Å². The summed E-state index contributed by atoms with van der Waals surface area (Å²) in [5, 5.41) is 8.44. The fraction of sp³-hybridized carbons (Fsp3) is 0. The Bertz CT molecular complexity index is 20.9. The summed E-state index contributed by atoms with van der Waals surface area (Å²) >= 11 is 0. The minimum absolute atomic E-state index is 0. The first-order valence-electron chi connectivity index (χ1n) is 0.548. The molecule has 1 N–H and O–H groups in total. The van der Waals surface area contributed by atoms with Crippen molar-refractivity contribution in [1.82, 2.24) is 0 Å². The summed E-state index contributed by atoms with van der Waals surface area (Å²) in [6, 6.07) is 0. The Morgan fingerprint density at radius 1 is 1.80 bits per heavy atom. The van der Waals surface area contributed by atoms with Gasteiger partial charge in [-0.05, 0) is 0 Å². The first kappa shape index (κ1) is 9.37. The molecule has 5 heavy (non-hydrogen) atoms. The third-order valence-electron chi connectivity index (χ3n) is 0.0333. The molecule has 0 aliphatic heterocycles. The van der Waals surface area contributed by atoms with E-state index in [2.05, 4.69) is 4.99 Å². The van der Waals surface area contributed by atoms with E-state index < -0.39 is 0 Å². The molecule has 0 aliphatic carbocycles. The van der Waals surface area contributed by atoms with E-state index >= 15 is 0 Å². The van der Waals surface area contributed by atoms with Gasteiger partial charge < -0.3 is 0 Å². The van der Waals surface area contributed by atoms with Crippen molar-refractivity contribution in [3.05, 3.63) is 4.91 Å². The molecule has 0 aromatic carbocycles. The Kier molecular flexibility index (Phi) is 16.7. The summed E-state index contributed by atoms with van der Waals surface area (Å²) in [6.07, 6.45) is 0. The van der Waals surface area contributed by atoms with Gasteiger partial charge in [0.2, 0.25) is 0 Å². The van der Waals surface area contributed by atoms with E-state index in [9.17, 15) is 0 Å². The minimum atomic E-state index is 0. The number of hydrogen-bond donors (Lipinski definition) is 1. The molecular weight excluding hydrogens is 101 g/mol. The molecule has 0 aromatic rings. The summed E-state index contributed by atoms with van der Waals surface area (Å²) in [5.74, 6) is 0. The van der Waals surface area contributed by atoms with Crippen molar-refractivity contribution >= 4 is 51.4 Å². The second-order valence-electron chi connectivity index (χ2n) is 0.156. The average Bonchev–Trinajstić information content (AvgIpc) is 1.37. The van der Waals surface area contributed by atoms with Crippen molar-refractivity contribution in [3.63, 3.8) is 0 Å². The molecule has 5 heteroatoms. The molecule has 0 amide bonds. The second-order valence-corrected chi connectivity index (χ2v) is 0.156. The second kappa shape index (κ2) is 8.89. The topological polar surface area (TPSA) is 58.9 Å². The zero-order chi connectivity index (χ0) is 3.41. The van der Waals surface area contributed by atoms with E-state index in [0.717, 1.165) is 0 Å². The molecule has 0 aromatic heterocycles. The Morgan fingerprint density at radius 2 is 2.00 bits per heavy atom. The van der Waals surface area contributed by atoms with Crippen molar-refractivity contribution in [3.8, 4) is 0 Å². The van der Waals surface area contributed by atoms with Crippen LogP contribution in [-0.4, -0.2) is 56.6 Å². The summed E-state index contributed by atoms with van der Waals surface area (Å²) in [7, 11) is 0. The molecule has 0 spiro atoms. The van der Waals surface area contributed by atoms with Gasteiger partial charge in [0, 0.05) is 0 Å². The summed E-state index contributed by atoms with van der Waals surface area (Å²) in [4.78, 5) is 11.1. The van der Waals surface area contributed by atoms with Crippen LogP contribution in [0.25, 0.3) is 0 Å². The molecule has 0 aliphatic rings. The van der Waals surface area contributed by atoms with Gasteiger partial charge in [0.05, 0.1) is 0 Å². The van der Waals surface area contributed by atoms with Gasteiger partial charge in [-0.25, -0.2) is 0 Å². The summed E-state index contributed by atoms with van der Waals surface area (Å²) in [5.41, 5.74) is 0. The van der Waals surface area contributed by atoms with E-state index in [-0.39, 0.29) is 51.4 Å². The van der Waals surface area contributed by atoms with Crippen LogP contribution < -0.4 is 0 Å². The van der Waals surface area contributed by atoms with Gasteiger partial charge in [-0.1, -0.05) is 0 Å². The van der Waals surface area contributed by atoms with E-state index in [1.54, 1.807) is 5.34 Å². The molecular formula is H2KNO3. The van der Waals surface area contributed by atoms with Crippen LogP contribution in [0.3, 0.4) is 0 Å². The molecule has 0 bridgehead atoms. The van der Waals surface area contributed by atoms with E-state index in [4.69, 9.17) is 10.2 Å². The van der Waals surface area contributed by atoms with Crippen LogP contribution in [0.1, 0.15) is 0 Å². The molecule has 0 saturated heterocycles. The van der Waals surface area contributed by atoms with Gasteiger partial charge in [-0.2, -0.15) is 10.2 Å². The van der Waals surface area contributed by atoms with Crippen LogP contribution in [0.2, 0.25) is 0 Å². The van der Waals surface area contributed by atoms with Crippen molar-refractivity contribution in [2.45, 2.75) is 0 Å². The van der Waals surface area contributed by atoms with Gasteiger partial charge in [0.1, 0.15) is 0 Å². The number of nitrogens with zero attached hydrogens (tertiary/aromatic N) is 1. The molecule has 0 heterocycles.